The van der Waals surface area contributed by atoms with Gasteiger partial charge in [-0.2, -0.15) is 0 Å². The Labute approximate surface area is 209 Å². The Balaban J connectivity index is 1.58. The van der Waals surface area contributed by atoms with E-state index < -0.39 is 5.91 Å². The van der Waals surface area contributed by atoms with Gasteiger partial charge in [-0.3, -0.25) is 14.8 Å². The summed E-state index contributed by atoms with van der Waals surface area (Å²) in [5.74, 6) is -0.164. The number of hydrogen-bond donors (Lipinski definition) is 3. The van der Waals surface area contributed by atoms with Gasteiger partial charge in [0.1, 0.15) is 5.75 Å². The van der Waals surface area contributed by atoms with E-state index in [4.69, 9.17) is 14.7 Å². The normalized spacial score (nSPS) is 10.5. The Morgan fingerprint density at radius 2 is 1.36 bits per heavy atom. The van der Waals surface area contributed by atoms with Crippen molar-refractivity contribution in [1.82, 2.24) is 5.48 Å². The molecule has 4 aromatic rings. The van der Waals surface area contributed by atoms with Gasteiger partial charge in [0.2, 0.25) is 0 Å². The Hall–Kier alpha value is -4.46. The molecule has 7 heteroatoms. The van der Waals surface area contributed by atoms with E-state index in [1.54, 1.807) is 61.1 Å². The van der Waals surface area contributed by atoms with Gasteiger partial charge >= 0.3 is 0 Å². The molecule has 0 atom stereocenters. The molecule has 7 nitrogen and oxygen atoms in total. The number of anilines is 1. The molecule has 0 bridgehead atoms. The Bertz CT molecular complexity index is 1320. The van der Waals surface area contributed by atoms with Gasteiger partial charge in [-0.25, -0.2) is 5.48 Å². The summed E-state index contributed by atoms with van der Waals surface area (Å²) in [4.78, 5) is 24.5. The first-order valence-corrected chi connectivity index (χ1v) is 11.3. The number of hydrogen-bond acceptors (Lipinski definition) is 5. The second kappa shape index (κ2) is 11.8. The third kappa shape index (κ3) is 6.35. The minimum Gasteiger partial charge on any atom is -0.497 e. The van der Waals surface area contributed by atoms with E-state index in [2.05, 4.69) is 5.32 Å². The Morgan fingerprint density at radius 1 is 0.722 bits per heavy atom. The molecule has 0 unspecified atom stereocenters. The Morgan fingerprint density at radius 3 is 2.03 bits per heavy atom. The zero-order valence-electron chi connectivity index (χ0n) is 19.7. The van der Waals surface area contributed by atoms with Crippen LogP contribution in [0.5, 0.6) is 5.75 Å². The number of rotatable bonds is 9. The molecular weight excluding hydrogens is 456 g/mol. The lowest BCUT2D eigenvalue weighted by Crippen LogP contribution is -2.18. The van der Waals surface area contributed by atoms with E-state index in [-0.39, 0.29) is 5.91 Å². The quantitative estimate of drug-likeness (QED) is 0.218. The maximum Gasteiger partial charge on any atom is 0.274 e. The highest BCUT2D eigenvalue weighted by Crippen LogP contribution is 2.27. The molecule has 0 fully saturated rings. The number of carbonyl (C=O) groups excluding carboxylic acids is 2. The summed E-state index contributed by atoms with van der Waals surface area (Å²) >= 11 is 0. The van der Waals surface area contributed by atoms with E-state index >= 15 is 0 Å². The molecule has 0 spiro atoms. The summed E-state index contributed by atoms with van der Waals surface area (Å²) in [5.41, 5.74) is 6.71. The van der Waals surface area contributed by atoms with Gasteiger partial charge < -0.3 is 14.8 Å². The van der Waals surface area contributed by atoms with Crippen molar-refractivity contribution in [3.8, 4) is 16.9 Å². The van der Waals surface area contributed by atoms with Crippen LogP contribution in [0.15, 0.2) is 97.1 Å². The van der Waals surface area contributed by atoms with Crippen molar-refractivity contribution in [2.75, 3.05) is 12.4 Å². The maximum absolute atomic E-state index is 12.9. The lowest BCUT2D eigenvalue weighted by Gasteiger charge is -2.13. The van der Waals surface area contributed by atoms with Crippen LogP contribution in [0.25, 0.3) is 11.1 Å². The molecule has 0 saturated heterocycles. The fourth-order valence-corrected chi connectivity index (χ4v) is 3.70. The number of hydroxylamine groups is 1. The van der Waals surface area contributed by atoms with Crippen LogP contribution in [0.3, 0.4) is 0 Å². The fourth-order valence-electron chi connectivity index (χ4n) is 3.70. The minimum absolute atomic E-state index is 0.249. The molecular formula is C29H26N2O5. The number of nitrogens with one attached hydrogen (secondary N) is 2. The summed E-state index contributed by atoms with van der Waals surface area (Å²) in [5, 5.41) is 11.8. The SMILES string of the molecule is COc1ccc(C(=O)Nc2cc(COCc3ccccc3)cc(-c3ccc(C(=O)NO)cc3)c2)cc1. The Kier molecular flexibility index (Phi) is 8.08. The van der Waals surface area contributed by atoms with Gasteiger partial charge in [0, 0.05) is 16.8 Å². The second-order valence-corrected chi connectivity index (χ2v) is 8.10. The monoisotopic (exact) mass is 482 g/mol. The van der Waals surface area contributed by atoms with E-state index in [1.165, 1.54) is 0 Å². The van der Waals surface area contributed by atoms with Crippen molar-refractivity contribution in [2.45, 2.75) is 13.2 Å². The van der Waals surface area contributed by atoms with E-state index in [0.29, 0.717) is 35.8 Å². The number of benzene rings is 4. The highest BCUT2D eigenvalue weighted by atomic mass is 16.5. The predicted octanol–water partition coefficient (Wildman–Crippen LogP) is 5.45. The first-order valence-electron chi connectivity index (χ1n) is 11.3. The molecule has 0 aliphatic heterocycles. The third-order valence-corrected chi connectivity index (χ3v) is 5.57. The van der Waals surface area contributed by atoms with Crippen molar-refractivity contribution in [3.05, 3.63) is 119 Å². The van der Waals surface area contributed by atoms with Gasteiger partial charge in [0.15, 0.2) is 0 Å². The lowest BCUT2D eigenvalue weighted by molar-refractivity contribution is 0.0706. The van der Waals surface area contributed by atoms with Crippen molar-refractivity contribution in [1.29, 1.82) is 0 Å². The van der Waals surface area contributed by atoms with Crippen LogP contribution in [-0.4, -0.2) is 24.1 Å². The van der Waals surface area contributed by atoms with Crippen LogP contribution in [0.4, 0.5) is 5.69 Å². The molecule has 0 heterocycles. The van der Waals surface area contributed by atoms with E-state index in [0.717, 1.165) is 22.3 Å². The zero-order chi connectivity index (χ0) is 25.3. The smallest absolute Gasteiger partial charge is 0.274 e. The molecule has 0 radical (unpaired) electrons. The number of methoxy groups -OCH3 is 1. The predicted molar refractivity (Wildman–Crippen MR) is 137 cm³/mol. The maximum atomic E-state index is 12.9. The van der Waals surface area contributed by atoms with Gasteiger partial charge in [-0.05, 0) is 76.9 Å². The summed E-state index contributed by atoms with van der Waals surface area (Å²) < 4.78 is 11.1. The number of amides is 2. The second-order valence-electron chi connectivity index (χ2n) is 8.10. The van der Waals surface area contributed by atoms with Gasteiger partial charge in [0.05, 0.1) is 20.3 Å². The standard InChI is InChI=1S/C29H26N2O5/c1-35-27-13-11-23(12-14-27)28(32)30-26-16-21(19-36-18-20-5-3-2-4-6-20)15-25(17-26)22-7-9-24(10-8-22)29(33)31-34/h2-17,34H,18-19H2,1H3,(H,30,32)(H,31,33). The molecule has 0 aliphatic rings. The zero-order valence-corrected chi connectivity index (χ0v) is 19.7. The highest BCUT2D eigenvalue weighted by Gasteiger charge is 2.11. The number of carbonyl (C=O) groups is 2. The lowest BCUT2D eigenvalue weighted by atomic mass is 10.0. The molecule has 4 aromatic carbocycles. The first-order chi connectivity index (χ1) is 17.6. The molecule has 0 saturated carbocycles. The van der Waals surface area contributed by atoms with Crippen LogP contribution in [0.1, 0.15) is 31.8 Å². The third-order valence-electron chi connectivity index (χ3n) is 5.57. The summed E-state index contributed by atoms with van der Waals surface area (Å²) in [6, 6.07) is 29.3. The molecule has 0 aromatic heterocycles. The molecule has 3 N–H and O–H groups in total. The number of ether oxygens (including phenoxy) is 2. The molecule has 182 valence electrons. The molecule has 0 aliphatic carbocycles. The van der Waals surface area contributed by atoms with E-state index in [9.17, 15) is 9.59 Å². The molecule has 2 amide bonds. The van der Waals surface area contributed by atoms with Crippen LogP contribution in [-0.2, 0) is 18.0 Å². The van der Waals surface area contributed by atoms with Crippen molar-refractivity contribution >= 4 is 17.5 Å². The van der Waals surface area contributed by atoms with Crippen LogP contribution in [0.2, 0.25) is 0 Å². The van der Waals surface area contributed by atoms with Gasteiger partial charge in [0.25, 0.3) is 11.8 Å². The molecule has 4 rings (SSSR count). The van der Waals surface area contributed by atoms with Crippen molar-refractivity contribution in [3.63, 3.8) is 0 Å². The highest BCUT2D eigenvalue weighted by molar-refractivity contribution is 6.04. The first kappa shape index (κ1) is 24.7. The topological polar surface area (TPSA) is 96.9 Å². The van der Waals surface area contributed by atoms with Crippen LogP contribution < -0.4 is 15.5 Å². The summed E-state index contributed by atoms with van der Waals surface area (Å²) in [6.45, 7) is 0.808. The van der Waals surface area contributed by atoms with Gasteiger partial charge in [-0.15, -0.1) is 0 Å². The van der Waals surface area contributed by atoms with Gasteiger partial charge in [-0.1, -0.05) is 42.5 Å². The summed E-state index contributed by atoms with van der Waals surface area (Å²) in [7, 11) is 1.57. The van der Waals surface area contributed by atoms with Crippen molar-refractivity contribution < 1.29 is 24.3 Å². The average molecular weight is 483 g/mol. The molecule has 36 heavy (non-hydrogen) atoms. The summed E-state index contributed by atoms with van der Waals surface area (Å²) in [6.07, 6.45) is 0. The van der Waals surface area contributed by atoms with E-state index in [1.807, 2.05) is 48.5 Å². The van der Waals surface area contributed by atoms with Crippen molar-refractivity contribution in [2.24, 2.45) is 0 Å². The largest absolute Gasteiger partial charge is 0.497 e. The van der Waals surface area contributed by atoms with Crippen LogP contribution in [0, 0.1) is 0 Å². The average Bonchev–Trinajstić information content (AvgIpc) is 2.93. The van der Waals surface area contributed by atoms with Crippen LogP contribution >= 0.6 is 0 Å². The fraction of sp³-hybridized carbons (Fsp3) is 0.103. The minimum atomic E-state index is -0.586.